The van der Waals surface area contributed by atoms with Gasteiger partial charge in [-0.1, -0.05) is 75.0 Å². The molecule has 2 amide bonds. The highest BCUT2D eigenvalue weighted by Gasteiger charge is 2.19. The van der Waals surface area contributed by atoms with E-state index in [-0.39, 0.29) is 17.1 Å². The van der Waals surface area contributed by atoms with Gasteiger partial charge >= 0.3 is 0 Å². The Balaban J connectivity index is 1.59. The van der Waals surface area contributed by atoms with Crippen molar-refractivity contribution in [1.29, 1.82) is 0 Å². The fourth-order valence-electron chi connectivity index (χ4n) is 3.37. The summed E-state index contributed by atoms with van der Waals surface area (Å²) < 4.78 is 1.95. The van der Waals surface area contributed by atoms with Crippen molar-refractivity contribution in [2.24, 2.45) is 5.73 Å². The first-order valence-corrected chi connectivity index (χ1v) is 12.5. The number of hydrogen-bond acceptors (Lipinski definition) is 6. The number of rotatable bonds is 7. The van der Waals surface area contributed by atoms with Gasteiger partial charge in [0.2, 0.25) is 5.91 Å². The van der Waals surface area contributed by atoms with Crippen LogP contribution in [0.15, 0.2) is 71.2 Å². The van der Waals surface area contributed by atoms with E-state index < -0.39 is 5.91 Å². The summed E-state index contributed by atoms with van der Waals surface area (Å²) in [6.45, 7) is 6.53. The minimum absolute atomic E-state index is 0.0525. The Morgan fingerprint density at radius 1 is 1.03 bits per heavy atom. The number of aromatic nitrogens is 3. The molecule has 0 bridgehead atoms. The molecule has 0 radical (unpaired) electrons. The molecule has 3 N–H and O–H groups in total. The topological polar surface area (TPSA) is 103 Å². The normalized spacial score (nSPS) is 11.4. The lowest BCUT2D eigenvalue weighted by molar-refractivity contribution is -0.113. The molecule has 0 saturated heterocycles. The number of para-hydroxylation sites is 1. The van der Waals surface area contributed by atoms with Gasteiger partial charge in [-0.15, -0.1) is 21.5 Å². The highest BCUT2D eigenvalue weighted by molar-refractivity contribution is 7.99. The third-order valence-corrected chi connectivity index (χ3v) is 6.93. The zero-order chi connectivity index (χ0) is 24.3. The number of thiophene rings is 1. The van der Waals surface area contributed by atoms with Gasteiger partial charge in [-0.25, -0.2) is 0 Å². The minimum Gasteiger partial charge on any atom is -0.366 e. The Bertz CT molecular complexity index is 1310. The number of primary amides is 1. The van der Waals surface area contributed by atoms with Crippen LogP contribution in [-0.2, 0) is 10.2 Å². The third kappa shape index (κ3) is 5.21. The molecular formula is C25H25N5O2S2. The Kier molecular flexibility index (Phi) is 6.85. The van der Waals surface area contributed by atoms with Crippen LogP contribution in [0.1, 0.15) is 36.7 Å². The van der Waals surface area contributed by atoms with Gasteiger partial charge in [-0.3, -0.25) is 14.2 Å². The summed E-state index contributed by atoms with van der Waals surface area (Å²) in [5, 5.41) is 14.3. The zero-order valence-corrected chi connectivity index (χ0v) is 20.7. The fourth-order valence-corrected chi connectivity index (χ4v) is 4.93. The largest absolute Gasteiger partial charge is 0.366 e. The second-order valence-electron chi connectivity index (χ2n) is 8.67. The highest BCUT2D eigenvalue weighted by Crippen LogP contribution is 2.30. The summed E-state index contributed by atoms with van der Waals surface area (Å²) in [5.41, 5.74) is 8.79. The van der Waals surface area contributed by atoms with Crippen LogP contribution in [0.4, 0.5) is 5.00 Å². The van der Waals surface area contributed by atoms with Gasteiger partial charge in [0.15, 0.2) is 11.0 Å². The van der Waals surface area contributed by atoms with Crippen molar-refractivity contribution in [1.82, 2.24) is 14.8 Å². The van der Waals surface area contributed by atoms with Crippen LogP contribution < -0.4 is 11.1 Å². The lowest BCUT2D eigenvalue weighted by atomic mass is 9.87. The van der Waals surface area contributed by atoms with E-state index in [4.69, 9.17) is 5.73 Å². The molecule has 34 heavy (non-hydrogen) atoms. The SMILES string of the molecule is CC(C)(C)c1ccc(-c2nnc(SCC(=O)Nc3sccc3C(N)=O)n2-c2ccccc2)cc1. The van der Waals surface area contributed by atoms with Crippen molar-refractivity contribution < 1.29 is 9.59 Å². The molecule has 0 aliphatic rings. The van der Waals surface area contributed by atoms with E-state index in [1.807, 2.05) is 47.0 Å². The molecule has 0 atom stereocenters. The molecule has 0 spiro atoms. The van der Waals surface area contributed by atoms with E-state index in [1.165, 1.54) is 28.7 Å². The zero-order valence-electron chi connectivity index (χ0n) is 19.1. The van der Waals surface area contributed by atoms with Crippen LogP contribution in [0.3, 0.4) is 0 Å². The number of benzene rings is 2. The summed E-state index contributed by atoms with van der Waals surface area (Å²) in [7, 11) is 0. The Morgan fingerprint density at radius 2 is 1.74 bits per heavy atom. The van der Waals surface area contributed by atoms with Crippen molar-refractivity contribution in [3.63, 3.8) is 0 Å². The maximum atomic E-state index is 12.6. The van der Waals surface area contributed by atoms with Gasteiger partial charge in [-0.05, 0) is 34.6 Å². The van der Waals surface area contributed by atoms with Gasteiger partial charge in [0.05, 0.1) is 11.3 Å². The summed E-state index contributed by atoms with van der Waals surface area (Å²) in [4.78, 5) is 24.1. The van der Waals surface area contributed by atoms with Crippen molar-refractivity contribution >= 4 is 39.9 Å². The number of thioether (sulfide) groups is 1. The van der Waals surface area contributed by atoms with Gasteiger partial charge in [0.25, 0.3) is 5.91 Å². The van der Waals surface area contributed by atoms with Gasteiger partial charge < -0.3 is 11.1 Å². The summed E-state index contributed by atoms with van der Waals surface area (Å²) in [6, 6.07) is 19.7. The monoisotopic (exact) mass is 491 g/mol. The molecule has 0 aliphatic carbocycles. The predicted molar refractivity (Wildman–Crippen MR) is 138 cm³/mol. The van der Waals surface area contributed by atoms with E-state index in [0.29, 0.717) is 21.5 Å². The van der Waals surface area contributed by atoms with Crippen molar-refractivity contribution in [2.45, 2.75) is 31.3 Å². The molecule has 2 heterocycles. The Labute approximate surface area is 206 Å². The molecule has 0 unspecified atom stereocenters. The summed E-state index contributed by atoms with van der Waals surface area (Å²) in [6.07, 6.45) is 0. The number of carbonyl (C=O) groups excluding carboxylic acids is 2. The maximum Gasteiger partial charge on any atom is 0.251 e. The molecule has 9 heteroatoms. The van der Waals surface area contributed by atoms with E-state index in [9.17, 15) is 9.59 Å². The number of carbonyl (C=O) groups is 2. The van der Waals surface area contributed by atoms with Crippen LogP contribution in [0.25, 0.3) is 17.1 Å². The van der Waals surface area contributed by atoms with E-state index in [2.05, 4.69) is 48.4 Å². The number of hydrogen-bond donors (Lipinski definition) is 2. The average Bonchev–Trinajstić information content (AvgIpc) is 3.45. The average molecular weight is 492 g/mol. The van der Waals surface area contributed by atoms with Gasteiger partial charge in [0, 0.05) is 11.3 Å². The van der Waals surface area contributed by atoms with Crippen LogP contribution in [0, 0.1) is 0 Å². The van der Waals surface area contributed by atoms with Crippen LogP contribution in [0.5, 0.6) is 0 Å². The third-order valence-electron chi connectivity index (χ3n) is 5.17. The van der Waals surface area contributed by atoms with Crippen molar-refractivity contribution in [2.75, 3.05) is 11.1 Å². The highest BCUT2D eigenvalue weighted by atomic mass is 32.2. The number of nitrogens with zero attached hydrogens (tertiary/aromatic N) is 3. The molecular weight excluding hydrogens is 466 g/mol. The van der Waals surface area contributed by atoms with Crippen LogP contribution in [0.2, 0.25) is 0 Å². The number of nitrogens with one attached hydrogen (secondary N) is 1. The molecule has 0 saturated carbocycles. The number of anilines is 1. The second kappa shape index (κ2) is 9.82. The summed E-state index contributed by atoms with van der Waals surface area (Å²) >= 11 is 2.53. The Hall–Kier alpha value is -3.43. The van der Waals surface area contributed by atoms with Crippen LogP contribution in [-0.4, -0.2) is 32.3 Å². The molecule has 4 aromatic rings. The first-order chi connectivity index (χ1) is 16.2. The predicted octanol–water partition coefficient (Wildman–Crippen LogP) is 5.12. The molecule has 174 valence electrons. The molecule has 0 fully saturated rings. The Morgan fingerprint density at radius 3 is 2.38 bits per heavy atom. The van der Waals surface area contributed by atoms with Gasteiger partial charge in [-0.2, -0.15) is 0 Å². The number of amides is 2. The lowest BCUT2D eigenvalue weighted by Gasteiger charge is -2.19. The molecule has 0 aliphatic heterocycles. The summed E-state index contributed by atoms with van der Waals surface area (Å²) in [5.74, 6) is -0.0306. The van der Waals surface area contributed by atoms with E-state index >= 15 is 0 Å². The molecule has 2 aromatic heterocycles. The molecule has 2 aromatic carbocycles. The molecule has 7 nitrogen and oxygen atoms in total. The van der Waals surface area contributed by atoms with E-state index in [1.54, 1.807) is 11.4 Å². The van der Waals surface area contributed by atoms with E-state index in [0.717, 1.165) is 11.3 Å². The first-order valence-electron chi connectivity index (χ1n) is 10.7. The smallest absolute Gasteiger partial charge is 0.251 e. The molecule has 4 rings (SSSR count). The standard InChI is InChI=1S/C25H25N5O2S2/c1-25(2,3)17-11-9-16(10-12-17)22-28-29-24(30(22)18-7-5-4-6-8-18)34-15-20(31)27-23-19(21(26)32)13-14-33-23/h4-14H,15H2,1-3H3,(H2,26,32)(H,27,31). The maximum absolute atomic E-state index is 12.6. The van der Waals surface area contributed by atoms with Crippen LogP contribution >= 0.6 is 23.1 Å². The minimum atomic E-state index is -0.574. The quantitative estimate of drug-likeness (QED) is 0.349. The fraction of sp³-hybridized carbons (Fsp3) is 0.200. The van der Waals surface area contributed by atoms with Gasteiger partial charge in [0.1, 0.15) is 5.00 Å². The second-order valence-corrected chi connectivity index (χ2v) is 10.5. The number of nitrogens with two attached hydrogens (primary N) is 1. The first kappa shape index (κ1) is 23.7. The van der Waals surface area contributed by atoms with Crippen molar-refractivity contribution in [3.05, 3.63) is 77.2 Å². The van der Waals surface area contributed by atoms with Crippen molar-refractivity contribution in [3.8, 4) is 17.1 Å². The lowest BCUT2D eigenvalue weighted by Crippen LogP contribution is -2.18.